The molecule has 0 amide bonds. The molecule has 2 rings (SSSR count). The quantitative estimate of drug-likeness (QED) is 0.849. The van der Waals surface area contributed by atoms with E-state index in [9.17, 15) is 0 Å². The van der Waals surface area contributed by atoms with E-state index in [1.54, 1.807) is 0 Å². The van der Waals surface area contributed by atoms with Crippen LogP contribution in [0.1, 0.15) is 25.0 Å². The molecule has 3 heteroatoms. The number of ether oxygens (including phenoxy) is 1. The van der Waals surface area contributed by atoms with E-state index in [1.165, 1.54) is 11.1 Å². The molecule has 1 aromatic carbocycles. The zero-order chi connectivity index (χ0) is 13.5. The fourth-order valence-corrected chi connectivity index (χ4v) is 2.33. The minimum atomic E-state index is 0.570. The van der Waals surface area contributed by atoms with Crippen molar-refractivity contribution in [1.29, 1.82) is 0 Å². The van der Waals surface area contributed by atoms with Crippen LogP contribution in [0.25, 0.3) is 0 Å². The molecule has 1 aromatic rings. The molecule has 0 bridgehead atoms. The summed E-state index contributed by atoms with van der Waals surface area (Å²) in [6.07, 6.45) is 1.11. The van der Waals surface area contributed by atoms with Gasteiger partial charge in [0.2, 0.25) is 0 Å². The molecule has 3 nitrogen and oxygen atoms in total. The van der Waals surface area contributed by atoms with Gasteiger partial charge < -0.3 is 10.1 Å². The Labute approximate surface area is 116 Å². The number of nitrogens with zero attached hydrogens (tertiary/aromatic N) is 1. The van der Waals surface area contributed by atoms with Gasteiger partial charge in [-0.05, 0) is 24.1 Å². The van der Waals surface area contributed by atoms with Gasteiger partial charge in [0.05, 0.1) is 13.2 Å². The molecule has 0 saturated carbocycles. The minimum Gasteiger partial charge on any atom is -0.379 e. The second-order valence-electron chi connectivity index (χ2n) is 5.56. The van der Waals surface area contributed by atoms with Crippen molar-refractivity contribution in [2.75, 3.05) is 32.8 Å². The van der Waals surface area contributed by atoms with Gasteiger partial charge in [0, 0.05) is 25.7 Å². The lowest BCUT2D eigenvalue weighted by Crippen LogP contribution is -2.35. The van der Waals surface area contributed by atoms with Gasteiger partial charge in [0.25, 0.3) is 0 Å². The number of rotatable bonds is 6. The fourth-order valence-electron chi connectivity index (χ4n) is 2.33. The topological polar surface area (TPSA) is 24.5 Å². The van der Waals surface area contributed by atoms with Gasteiger partial charge in [-0.1, -0.05) is 38.1 Å². The average Bonchev–Trinajstić information content (AvgIpc) is 2.42. The maximum atomic E-state index is 5.37. The van der Waals surface area contributed by atoms with E-state index >= 15 is 0 Å². The summed E-state index contributed by atoms with van der Waals surface area (Å²) in [5, 5.41) is 3.45. The Hall–Kier alpha value is -0.900. The normalized spacial score (nSPS) is 17.0. The SMILES string of the molecule is CC(C)NCCc1ccc(CN2CCOCC2)cc1. The molecule has 1 fully saturated rings. The highest BCUT2D eigenvalue weighted by Crippen LogP contribution is 2.09. The van der Waals surface area contributed by atoms with Gasteiger partial charge in [-0.25, -0.2) is 0 Å². The van der Waals surface area contributed by atoms with E-state index in [-0.39, 0.29) is 0 Å². The van der Waals surface area contributed by atoms with Crippen molar-refractivity contribution in [2.24, 2.45) is 0 Å². The third kappa shape index (κ3) is 5.31. The van der Waals surface area contributed by atoms with Gasteiger partial charge in [0.15, 0.2) is 0 Å². The Bertz CT molecular complexity index is 356. The zero-order valence-corrected chi connectivity index (χ0v) is 12.2. The zero-order valence-electron chi connectivity index (χ0n) is 12.2. The molecule has 0 aliphatic carbocycles. The van der Waals surface area contributed by atoms with Crippen LogP contribution in [-0.2, 0) is 17.7 Å². The lowest BCUT2D eigenvalue weighted by Gasteiger charge is -2.26. The van der Waals surface area contributed by atoms with Crippen molar-refractivity contribution in [1.82, 2.24) is 10.2 Å². The molecule has 1 heterocycles. The molecule has 19 heavy (non-hydrogen) atoms. The van der Waals surface area contributed by atoms with E-state index in [1.807, 2.05) is 0 Å². The molecule has 0 radical (unpaired) electrons. The molecule has 1 aliphatic heterocycles. The summed E-state index contributed by atoms with van der Waals surface area (Å²) < 4.78 is 5.37. The summed E-state index contributed by atoms with van der Waals surface area (Å²) in [4.78, 5) is 2.46. The number of hydrogen-bond donors (Lipinski definition) is 1. The Kier molecular flexibility index (Phi) is 5.83. The average molecular weight is 262 g/mol. The Balaban J connectivity index is 1.77. The van der Waals surface area contributed by atoms with Gasteiger partial charge in [-0.2, -0.15) is 0 Å². The molecule has 0 spiro atoms. The Morgan fingerprint density at radius 2 is 1.74 bits per heavy atom. The predicted molar refractivity (Wildman–Crippen MR) is 79.4 cm³/mol. The maximum Gasteiger partial charge on any atom is 0.0594 e. The highest BCUT2D eigenvalue weighted by molar-refractivity contribution is 5.22. The second-order valence-corrected chi connectivity index (χ2v) is 5.56. The Morgan fingerprint density at radius 3 is 2.37 bits per heavy atom. The molecule has 1 N–H and O–H groups in total. The standard InChI is InChI=1S/C16H26N2O/c1-14(2)17-8-7-15-3-5-16(6-4-15)13-18-9-11-19-12-10-18/h3-6,14,17H,7-13H2,1-2H3. The molecule has 1 saturated heterocycles. The van der Waals surface area contributed by atoms with Crippen molar-refractivity contribution in [3.8, 4) is 0 Å². The van der Waals surface area contributed by atoms with Crippen LogP contribution >= 0.6 is 0 Å². The van der Waals surface area contributed by atoms with Crippen LogP contribution in [0.15, 0.2) is 24.3 Å². The summed E-state index contributed by atoms with van der Waals surface area (Å²) in [6, 6.07) is 9.62. The van der Waals surface area contributed by atoms with Crippen LogP contribution in [-0.4, -0.2) is 43.8 Å². The number of benzene rings is 1. The first-order valence-corrected chi connectivity index (χ1v) is 7.35. The molecule has 0 aromatic heterocycles. The Morgan fingerprint density at radius 1 is 1.11 bits per heavy atom. The second kappa shape index (κ2) is 7.63. The molecule has 1 aliphatic rings. The van der Waals surface area contributed by atoms with Crippen LogP contribution in [0.4, 0.5) is 0 Å². The molecular weight excluding hydrogens is 236 g/mol. The number of hydrogen-bond acceptors (Lipinski definition) is 3. The van der Waals surface area contributed by atoms with E-state index in [0.717, 1.165) is 45.8 Å². The summed E-state index contributed by atoms with van der Waals surface area (Å²) in [6.45, 7) is 10.3. The third-order valence-corrected chi connectivity index (χ3v) is 3.50. The predicted octanol–water partition coefficient (Wildman–Crippen LogP) is 2.06. The van der Waals surface area contributed by atoms with E-state index < -0.39 is 0 Å². The van der Waals surface area contributed by atoms with Gasteiger partial charge in [-0.3, -0.25) is 4.90 Å². The highest BCUT2D eigenvalue weighted by atomic mass is 16.5. The molecule has 106 valence electrons. The van der Waals surface area contributed by atoms with Crippen molar-refractivity contribution >= 4 is 0 Å². The van der Waals surface area contributed by atoms with Gasteiger partial charge in [0.1, 0.15) is 0 Å². The van der Waals surface area contributed by atoms with Crippen molar-refractivity contribution < 1.29 is 4.74 Å². The molecular formula is C16H26N2O. The van der Waals surface area contributed by atoms with Crippen LogP contribution in [0.2, 0.25) is 0 Å². The lowest BCUT2D eigenvalue weighted by molar-refractivity contribution is 0.0342. The fraction of sp³-hybridized carbons (Fsp3) is 0.625. The van der Waals surface area contributed by atoms with Crippen LogP contribution < -0.4 is 5.32 Å². The van der Waals surface area contributed by atoms with Gasteiger partial charge in [-0.15, -0.1) is 0 Å². The van der Waals surface area contributed by atoms with Gasteiger partial charge >= 0.3 is 0 Å². The van der Waals surface area contributed by atoms with E-state index in [2.05, 4.69) is 48.3 Å². The summed E-state index contributed by atoms with van der Waals surface area (Å²) in [5.74, 6) is 0. The molecule has 0 unspecified atom stereocenters. The smallest absolute Gasteiger partial charge is 0.0594 e. The number of nitrogens with one attached hydrogen (secondary N) is 1. The van der Waals surface area contributed by atoms with Crippen molar-refractivity contribution in [2.45, 2.75) is 32.9 Å². The third-order valence-electron chi connectivity index (χ3n) is 3.50. The van der Waals surface area contributed by atoms with E-state index in [0.29, 0.717) is 6.04 Å². The lowest BCUT2D eigenvalue weighted by atomic mass is 10.1. The van der Waals surface area contributed by atoms with Crippen LogP contribution in [0, 0.1) is 0 Å². The molecule has 0 atom stereocenters. The summed E-state index contributed by atoms with van der Waals surface area (Å²) in [7, 11) is 0. The van der Waals surface area contributed by atoms with Crippen molar-refractivity contribution in [3.05, 3.63) is 35.4 Å². The summed E-state index contributed by atoms with van der Waals surface area (Å²) in [5.41, 5.74) is 2.82. The monoisotopic (exact) mass is 262 g/mol. The first-order valence-electron chi connectivity index (χ1n) is 7.35. The number of morpholine rings is 1. The van der Waals surface area contributed by atoms with Crippen LogP contribution in [0.3, 0.4) is 0 Å². The summed E-state index contributed by atoms with van der Waals surface area (Å²) >= 11 is 0. The maximum absolute atomic E-state index is 5.37. The first-order chi connectivity index (χ1) is 9.24. The van der Waals surface area contributed by atoms with E-state index in [4.69, 9.17) is 4.74 Å². The van der Waals surface area contributed by atoms with Crippen molar-refractivity contribution in [3.63, 3.8) is 0 Å². The highest BCUT2D eigenvalue weighted by Gasteiger charge is 2.10. The minimum absolute atomic E-state index is 0.570. The first kappa shape index (κ1) is 14.5. The largest absolute Gasteiger partial charge is 0.379 e. The van der Waals surface area contributed by atoms with Crippen LogP contribution in [0.5, 0.6) is 0 Å².